The third kappa shape index (κ3) is 4.37. The Bertz CT molecular complexity index is 283. The number of hydrogen-bond donors (Lipinski definition) is 1. The van der Waals surface area contributed by atoms with Crippen LogP contribution in [0.2, 0.25) is 0 Å². The fourth-order valence-electron chi connectivity index (χ4n) is 1.79. The van der Waals surface area contributed by atoms with Crippen molar-refractivity contribution in [3.05, 3.63) is 23.7 Å². The monoisotopic (exact) mass is 224 g/mol. The summed E-state index contributed by atoms with van der Waals surface area (Å²) in [5, 5.41) is 3.37. The average Bonchev–Trinajstić information content (AvgIpc) is 2.66. The zero-order valence-corrected chi connectivity index (χ0v) is 10.8. The van der Waals surface area contributed by atoms with Gasteiger partial charge >= 0.3 is 0 Å². The summed E-state index contributed by atoms with van der Waals surface area (Å²) in [4.78, 5) is 2.33. The number of nitrogens with one attached hydrogen (secondary N) is 1. The highest BCUT2D eigenvalue weighted by atomic mass is 16.3. The smallest absolute Gasteiger partial charge is 0.122 e. The van der Waals surface area contributed by atoms with E-state index < -0.39 is 0 Å². The Balaban J connectivity index is 2.43. The average molecular weight is 224 g/mol. The van der Waals surface area contributed by atoms with Gasteiger partial charge in [0.1, 0.15) is 5.76 Å². The Kier molecular flexibility index (Phi) is 6.19. The SMILES string of the molecule is CCCNCc1occc1CN(C)CCC. The molecule has 0 atom stereocenters. The minimum Gasteiger partial charge on any atom is -0.468 e. The molecule has 0 fully saturated rings. The third-order valence-corrected chi connectivity index (χ3v) is 2.60. The van der Waals surface area contributed by atoms with Crippen molar-refractivity contribution in [2.24, 2.45) is 0 Å². The number of nitrogens with zero attached hydrogens (tertiary/aromatic N) is 1. The van der Waals surface area contributed by atoms with Crippen LogP contribution in [0.15, 0.2) is 16.7 Å². The van der Waals surface area contributed by atoms with Crippen LogP contribution >= 0.6 is 0 Å². The summed E-state index contributed by atoms with van der Waals surface area (Å²) in [5.41, 5.74) is 1.31. The van der Waals surface area contributed by atoms with Crippen LogP contribution < -0.4 is 5.32 Å². The van der Waals surface area contributed by atoms with Gasteiger partial charge in [-0.15, -0.1) is 0 Å². The topological polar surface area (TPSA) is 28.4 Å². The highest BCUT2D eigenvalue weighted by Crippen LogP contribution is 2.12. The molecular weight excluding hydrogens is 200 g/mol. The minimum atomic E-state index is 0.843. The van der Waals surface area contributed by atoms with Gasteiger partial charge in [-0.1, -0.05) is 13.8 Å². The van der Waals surface area contributed by atoms with Gasteiger partial charge in [0.15, 0.2) is 0 Å². The Morgan fingerprint density at radius 3 is 2.81 bits per heavy atom. The third-order valence-electron chi connectivity index (χ3n) is 2.60. The molecule has 0 amide bonds. The molecule has 0 unspecified atom stereocenters. The highest BCUT2D eigenvalue weighted by molar-refractivity contribution is 5.16. The summed E-state index contributed by atoms with van der Waals surface area (Å²) < 4.78 is 5.50. The summed E-state index contributed by atoms with van der Waals surface area (Å²) in [7, 11) is 2.15. The molecule has 1 rings (SSSR count). The van der Waals surface area contributed by atoms with Crippen LogP contribution in [0.25, 0.3) is 0 Å². The fourth-order valence-corrected chi connectivity index (χ4v) is 1.79. The van der Waals surface area contributed by atoms with Gasteiger partial charge in [0, 0.05) is 12.1 Å². The number of furan rings is 1. The van der Waals surface area contributed by atoms with E-state index in [0.717, 1.165) is 38.4 Å². The maximum Gasteiger partial charge on any atom is 0.122 e. The molecule has 1 N–H and O–H groups in total. The van der Waals surface area contributed by atoms with E-state index in [-0.39, 0.29) is 0 Å². The largest absolute Gasteiger partial charge is 0.468 e. The van der Waals surface area contributed by atoms with E-state index >= 15 is 0 Å². The predicted molar refractivity (Wildman–Crippen MR) is 67.3 cm³/mol. The van der Waals surface area contributed by atoms with E-state index in [1.807, 2.05) is 0 Å². The normalized spacial score (nSPS) is 11.2. The molecule has 0 aliphatic rings. The van der Waals surface area contributed by atoms with Gasteiger partial charge in [0.05, 0.1) is 12.8 Å². The Morgan fingerprint density at radius 2 is 2.12 bits per heavy atom. The van der Waals surface area contributed by atoms with Crippen molar-refractivity contribution in [1.82, 2.24) is 10.2 Å². The van der Waals surface area contributed by atoms with Gasteiger partial charge in [0.2, 0.25) is 0 Å². The molecule has 0 spiro atoms. The van der Waals surface area contributed by atoms with Crippen molar-refractivity contribution in [3.8, 4) is 0 Å². The molecule has 0 saturated carbocycles. The molecule has 0 aromatic carbocycles. The zero-order valence-electron chi connectivity index (χ0n) is 10.8. The quantitative estimate of drug-likeness (QED) is 0.688. The van der Waals surface area contributed by atoms with Crippen molar-refractivity contribution in [3.63, 3.8) is 0 Å². The Labute approximate surface area is 98.8 Å². The standard InChI is InChI=1S/C13H24N2O/c1-4-7-14-10-13-12(6-9-16-13)11-15(3)8-5-2/h6,9,14H,4-5,7-8,10-11H2,1-3H3. The number of rotatable bonds is 8. The Morgan fingerprint density at radius 1 is 1.31 bits per heavy atom. The maximum absolute atomic E-state index is 5.50. The van der Waals surface area contributed by atoms with Crippen molar-refractivity contribution in [2.75, 3.05) is 20.1 Å². The van der Waals surface area contributed by atoms with Crippen LogP contribution in [-0.4, -0.2) is 25.0 Å². The summed E-state index contributed by atoms with van der Waals surface area (Å²) in [6, 6.07) is 2.08. The zero-order chi connectivity index (χ0) is 11.8. The number of hydrogen-bond acceptors (Lipinski definition) is 3. The summed E-state index contributed by atoms with van der Waals surface area (Å²) >= 11 is 0. The van der Waals surface area contributed by atoms with Crippen LogP contribution in [0, 0.1) is 0 Å². The van der Waals surface area contributed by atoms with Gasteiger partial charge in [0.25, 0.3) is 0 Å². The molecule has 0 radical (unpaired) electrons. The van der Waals surface area contributed by atoms with Crippen molar-refractivity contribution in [2.45, 2.75) is 39.8 Å². The lowest BCUT2D eigenvalue weighted by Gasteiger charge is -2.15. The van der Waals surface area contributed by atoms with Crippen LogP contribution in [0.3, 0.4) is 0 Å². The van der Waals surface area contributed by atoms with E-state index in [0.29, 0.717) is 0 Å². The van der Waals surface area contributed by atoms with E-state index in [2.05, 4.69) is 37.2 Å². The van der Waals surface area contributed by atoms with Gasteiger partial charge in [-0.3, -0.25) is 0 Å². The summed E-state index contributed by atoms with van der Waals surface area (Å²) in [6.45, 7) is 8.38. The first-order chi connectivity index (χ1) is 7.77. The molecule has 0 aliphatic heterocycles. The fraction of sp³-hybridized carbons (Fsp3) is 0.692. The second-order valence-corrected chi connectivity index (χ2v) is 4.28. The molecule has 1 heterocycles. The molecular formula is C13H24N2O. The van der Waals surface area contributed by atoms with Crippen molar-refractivity contribution < 1.29 is 4.42 Å². The Hall–Kier alpha value is -0.800. The highest BCUT2D eigenvalue weighted by Gasteiger charge is 2.07. The summed E-state index contributed by atoms with van der Waals surface area (Å²) in [5.74, 6) is 1.08. The lowest BCUT2D eigenvalue weighted by Crippen LogP contribution is -2.20. The van der Waals surface area contributed by atoms with E-state index in [1.54, 1.807) is 6.26 Å². The molecule has 16 heavy (non-hydrogen) atoms. The molecule has 92 valence electrons. The first-order valence-electron chi connectivity index (χ1n) is 6.22. The molecule has 0 saturated heterocycles. The molecule has 0 bridgehead atoms. The van der Waals surface area contributed by atoms with Crippen LogP contribution in [0.1, 0.15) is 38.0 Å². The predicted octanol–water partition coefficient (Wildman–Crippen LogP) is 2.62. The van der Waals surface area contributed by atoms with Gasteiger partial charge in [-0.25, -0.2) is 0 Å². The first-order valence-corrected chi connectivity index (χ1v) is 6.22. The first kappa shape index (κ1) is 13.3. The van der Waals surface area contributed by atoms with E-state index in [4.69, 9.17) is 4.42 Å². The van der Waals surface area contributed by atoms with Gasteiger partial charge in [-0.05, 0) is 39.0 Å². The van der Waals surface area contributed by atoms with Gasteiger partial charge < -0.3 is 14.6 Å². The molecule has 1 aromatic rings. The van der Waals surface area contributed by atoms with Crippen LogP contribution in [0.5, 0.6) is 0 Å². The van der Waals surface area contributed by atoms with E-state index in [9.17, 15) is 0 Å². The lowest BCUT2D eigenvalue weighted by molar-refractivity contribution is 0.323. The molecule has 3 heteroatoms. The van der Waals surface area contributed by atoms with Crippen molar-refractivity contribution >= 4 is 0 Å². The van der Waals surface area contributed by atoms with Crippen LogP contribution in [-0.2, 0) is 13.1 Å². The molecule has 1 aromatic heterocycles. The minimum absolute atomic E-state index is 0.843. The molecule has 0 aliphatic carbocycles. The van der Waals surface area contributed by atoms with Gasteiger partial charge in [-0.2, -0.15) is 0 Å². The maximum atomic E-state index is 5.50. The van der Waals surface area contributed by atoms with E-state index in [1.165, 1.54) is 12.0 Å². The second kappa shape index (κ2) is 7.47. The lowest BCUT2D eigenvalue weighted by atomic mass is 10.2. The van der Waals surface area contributed by atoms with Crippen LogP contribution in [0.4, 0.5) is 0 Å². The summed E-state index contributed by atoms with van der Waals surface area (Å²) in [6.07, 6.45) is 4.14. The molecule has 3 nitrogen and oxygen atoms in total. The second-order valence-electron chi connectivity index (χ2n) is 4.28. The van der Waals surface area contributed by atoms with Crippen molar-refractivity contribution in [1.29, 1.82) is 0 Å².